The first-order valence-corrected chi connectivity index (χ1v) is 9.03. The first-order chi connectivity index (χ1) is 11.7. The Morgan fingerprint density at radius 1 is 1.20 bits per heavy atom. The van der Waals surface area contributed by atoms with Crippen LogP contribution in [0.15, 0.2) is 36.2 Å². The highest BCUT2D eigenvalue weighted by atomic mass is 35.5. The minimum Gasteiger partial charge on any atom is -0.398 e. The molecule has 0 bridgehead atoms. The van der Waals surface area contributed by atoms with Crippen molar-refractivity contribution in [3.8, 4) is 0 Å². The van der Waals surface area contributed by atoms with Crippen molar-refractivity contribution in [3.05, 3.63) is 46.8 Å². The third kappa shape index (κ3) is 2.64. The normalized spacial score (nSPS) is 24.1. The summed E-state index contributed by atoms with van der Waals surface area (Å²) in [5.41, 5.74) is 0.208. The molecule has 2 aliphatic rings. The number of H-pyrrole nitrogens is 1. The van der Waals surface area contributed by atoms with Crippen LogP contribution in [0.1, 0.15) is 46.1 Å². The maximum atomic E-state index is 15.0. The lowest BCUT2D eigenvalue weighted by molar-refractivity contribution is 0.00578. The van der Waals surface area contributed by atoms with E-state index in [1.165, 1.54) is 0 Å². The number of nitrogens with one attached hydrogen (secondary N) is 1. The third-order valence-electron chi connectivity index (χ3n) is 5.87. The van der Waals surface area contributed by atoms with Gasteiger partial charge in [0.25, 0.3) is 0 Å². The molecule has 1 N–H and O–H groups in total. The summed E-state index contributed by atoms with van der Waals surface area (Å²) in [6.07, 6.45) is 5.38. The minimum absolute atomic E-state index is 0.336. The zero-order valence-corrected chi connectivity index (χ0v) is 15.7. The van der Waals surface area contributed by atoms with Crippen LogP contribution in [0.5, 0.6) is 0 Å². The fraction of sp³-hybridized carbons (Fsp3) is 0.474. The van der Waals surface area contributed by atoms with E-state index in [9.17, 15) is 4.39 Å². The molecule has 1 aliphatic heterocycles. The van der Waals surface area contributed by atoms with E-state index in [2.05, 4.69) is 4.98 Å². The summed E-state index contributed by atoms with van der Waals surface area (Å²) in [6, 6.07) is 5.76. The highest BCUT2D eigenvalue weighted by molar-refractivity contribution is 6.53. The van der Waals surface area contributed by atoms with Gasteiger partial charge < -0.3 is 14.3 Å². The first kappa shape index (κ1) is 17.1. The Hall–Kier alpha value is -1.30. The molecule has 0 amide bonds. The van der Waals surface area contributed by atoms with E-state index in [1.54, 1.807) is 6.08 Å². The number of aromatic amines is 1. The summed E-state index contributed by atoms with van der Waals surface area (Å²) < 4.78 is 26.6. The Balaban J connectivity index is 1.69. The van der Waals surface area contributed by atoms with Crippen LogP contribution in [0.25, 0.3) is 10.9 Å². The number of benzene rings is 1. The molecule has 1 saturated carbocycles. The number of rotatable bonds is 3. The molecule has 1 saturated heterocycles. The van der Waals surface area contributed by atoms with Gasteiger partial charge in [-0.25, -0.2) is 4.39 Å². The molecule has 6 heteroatoms. The number of hydrogen-bond acceptors (Lipinski definition) is 2. The van der Waals surface area contributed by atoms with Gasteiger partial charge in [-0.1, -0.05) is 17.7 Å². The van der Waals surface area contributed by atoms with Crippen molar-refractivity contribution >= 4 is 29.6 Å². The number of halogens is 2. The van der Waals surface area contributed by atoms with Crippen LogP contribution in [-0.4, -0.2) is 23.3 Å². The summed E-state index contributed by atoms with van der Waals surface area (Å²) in [7, 11) is -0.955. The molecular formula is C19H22BClFNO2. The summed E-state index contributed by atoms with van der Waals surface area (Å²) in [4.78, 5) is 3.25. The number of aromatic nitrogens is 1. The molecule has 25 heavy (non-hydrogen) atoms. The van der Waals surface area contributed by atoms with Crippen molar-refractivity contribution in [1.29, 1.82) is 0 Å². The van der Waals surface area contributed by atoms with Gasteiger partial charge in [-0.15, -0.1) is 0 Å². The highest BCUT2D eigenvalue weighted by Gasteiger charge is 2.54. The van der Waals surface area contributed by atoms with Crippen molar-refractivity contribution in [1.82, 2.24) is 4.98 Å². The lowest BCUT2D eigenvalue weighted by Crippen LogP contribution is -2.41. The molecule has 0 atom stereocenters. The van der Waals surface area contributed by atoms with Gasteiger partial charge in [0.1, 0.15) is 5.73 Å². The second-order valence-corrected chi connectivity index (χ2v) is 8.55. The summed E-state index contributed by atoms with van der Waals surface area (Å²) in [5, 5.41) is 1.66. The van der Waals surface area contributed by atoms with Crippen LogP contribution < -0.4 is 0 Å². The smallest absolute Gasteiger partial charge is 0.398 e. The monoisotopic (exact) mass is 361 g/mol. The fourth-order valence-corrected chi connectivity index (χ4v) is 3.72. The largest absolute Gasteiger partial charge is 0.524 e. The quantitative estimate of drug-likeness (QED) is 0.749. The van der Waals surface area contributed by atoms with Gasteiger partial charge in [0, 0.05) is 22.5 Å². The zero-order chi connectivity index (χ0) is 18.0. The van der Waals surface area contributed by atoms with E-state index < -0.39 is 18.3 Å². The Bertz CT molecular complexity index is 853. The van der Waals surface area contributed by atoms with Gasteiger partial charge in [0.15, 0.2) is 0 Å². The van der Waals surface area contributed by atoms with Crippen LogP contribution in [0.2, 0.25) is 5.02 Å². The van der Waals surface area contributed by atoms with Gasteiger partial charge in [-0.05, 0) is 64.3 Å². The van der Waals surface area contributed by atoms with Gasteiger partial charge in [0.05, 0.1) is 16.2 Å². The van der Waals surface area contributed by atoms with Crippen molar-refractivity contribution < 1.29 is 13.7 Å². The third-order valence-corrected chi connectivity index (χ3v) is 6.19. The summed E-state index contributed by atoms with van der Waals surface area (Å²) in [6.45, 7) is 7.69. The highest BCUT2D eigenvalue weighted by Crippen LogP contribution is 2.53. The van der Waals surface area contributed by atoms with E-state index in [0.717, 1.165) is 29.3 Å². The second kappa shape index (κ2) is 5.35. The van der Waals surface area contributed by atoms with Crippen LogP contribution in [-0.2, 0) is 14.7 Å². The Labute approximate surface area is 152 Å². The van der Waals surface area contributed by atoms with Crippen molar-refractivity contribution in [2.24, 2.45) is 0 Å². The average Bonchev–Trinajstić information content (AvgIpc) is 3.07. The molecule has 0 spiro atoms. The van der Waals surface area contributed by atoms with E-state index in [-0.39, 0.29) is 11.1 Å². The summed E-state index contributed by atoms with van der Waals surface area (Å²) in [5.74, 6) is 0. The van der Waals surface area contributed by atoms with Gasteiger partial charge in [-0.2, -0.15) is 0 Å². The first-order valence-electron chi connectivity index (χ1n) is 8.65. The fourth-order valence-electron chi connectivity index (χ4n) is 3.45. The molecule has 1 aromatic heterocycles. The lowest BCUT2D eigenvalue weighted by atomic mass is 9.83. The Morgan fingerprint density at radius 3 is 2.44 bits per heavy atom. The number of hydrogen-bond donors (Lipinski definition) is 1. The van der Waals surface area contributed by atoms with Gasteiger partial charge in [0.2, 0.25) is 0 Å². The van der Waals surface area contributed by atoms with Gasteiger partial charge in [-0.3, -0.25) is 0 Å². The molecule has 1 aromatic carbocycles. The predicted molar refractivity (Wildman–Crippen MR) is 99.5 cm³/mol. The van der Waals surface area contributed by atoms with Crippen molar-refractivity contribution in [3.63, 3.8) is 0 Å². The Morgan fingerprint density at radius 2 is 1.84 bits per heavy atom. The standard InChI is InChI=1S/C19H22BClFNO2/c1-17(2)18(3,4)25-20(24-17)15(22)10-19(8-9-19)12-11-23-14-7-5-6-13(21)16(12)14/h5-7,10-11,23H,8-9H2,1-4H3. The molecular weight excluding hydrogens is 339 g/mol. The molecule has 3 nitrogen and oxygen atoms in total. The average molecular weight is 362 g/mol. The minimum atomic E-state index is -0.955. The topological polar surface area (TPSA) is 34.2 Å². The molecule has 2 heterocycles. The predicted octanol–water partition coefficient (Wildman–Crippen LogP) is 5.34. The zero-order valence-electron chi connectivity index (χ0n) is 15.0. The molecule has 132 valence electrons. The number of fused-ring (bicyclic) bond motifs is 1. The molecule has 2 fully saturated rings. The summed E-state index contributed by atoms with van der Waals surface area (Å²) >= 11 is 6.39. The van der Waals surface area contributed by atoms with E-state index >= 15 is 0 Å². The Kier molecular flexibility index (Phi) is 3.67. The van der Waals surface area contributed by atoms with Crippen LogP contribution >= 0.6 is 11.6 Å². The van der Waals surface area contributed by atoms with Gasteiger partial charge >= 0.3 is 7.12 Å². The molecule has 4 rings (SSSR count). The maximum absolute atomic E-state index is 15.0. The van der Waals surface area contributed by atoms with E-state index in [1.807, 2.05) is 52.1 Å². The van der Waals surface area contributed by atoms with E-state index in [4.69, 9.17) is 20.9 Å². The second-order valence-electron chi connectivity index (χ2n) is 8.14. The van der Waals surface area contributed by atoms with Crippen LogP contribution in [0.4, 0.5) is 4.39 Å². The molecule has 0 radical (unpaired) electrons. The van der Waals surface area contributed by atoms with Crippen LogP contribution in [0, 0.1) is 0 Å². The molecule has 0 unspecified atom stereocenters. The maximum Gasteiger partial charge on any atom is 0.524 e. The molecule has 2 aromatic rings. The molecule has 1 aliphatic carbocycles. The lowest BCUT2D eigenvalue weighted by Gasteiger charge is -2.32. The number of allylic oxidation sites excluding steroid dienone is 1. The SMILES string of the molecule is CC1(C)OB(C(F)=CC2(c3c[nH]c4cccc(Cl)c34)CC2)OC1(C)C. The van der Waals surface area contributed by atoms with Crippen molar-refractivity contribution in [2.75, 3.05) is 0 Å². The van der Waals surface area contributed by atoms with Crippen molar-refractivity contribution in [2.45, 2.75) is 57.2 Å². The van der Waals surface area contributed by atoms with E-state index in [0.29, 0.717) is 5.02 Å². The van der Waals surface area contributed by atoms with Crippen LogP contribution in [0.3, 0.4) is 0 Å².